The Labute approximate surface area is 196 Å². The van der Waals surface area contributed by atoms with Crippen molar-refractivity contribution in [1.29, 1.82) is 0 Å². The highest BCUT2D eigenvalue weighted by Crippen LogP contribution is 2.19. The third-order valence-electron chi connectivity index (χ3n) is 5.05. The van der Waals surface area contributed by atoms with Crippen LogP contribution in [0, 0.1) is 0 Å². The molecule has 1 fully saturated rings. The Balaban J connectivity index is 0.00000300. The first kappa shape index (κ1) is 24.1. The predicted octanol–water partition coefficient (Wildman–Crippen LogP) is 4.39. The minimum Gasteiger partial charge on any atom is -0.356 e. The van der Waals surface area contributed by atoms with Crippen LogP contribution in [0.25, 0.3) is 0 Å². The van der Waals surface area contributed by atoms with Gasteiger partial charge in [-0.25, -0.2) is 4.98 Å². The summed E-state index contributed by atoms with van der Waals surface area (Å²) >= 11 is 1.75. The van der Waals surface area contributed by atoms with Gasteiger partial charge in [0.05, 0.1) is 10.7 Å². The number of hydrogen-bond acceptors (Lipinski definition) is 4. The third-order valence-corrected chi connectivity index (χ3v) is 6.24. The van der Waals surface area contributed by atoms with E-state index in [1.54, 1.807) is 11.3 Å². The monoisotopic (exact) mass is 527 g/mol. The Kier molecular flexibility index (Phi) is 10.4. The molecule has 1 aliphatic rings. The van der Waals surface area contributed by atoms with Gasteiger partial charge < -0.3 is 10.6 Å². The van der Waals surface area contributed by atoms with Crippen molar-refractivity contribution in [2.24, 2.45) is 4.99 Å². The topological polar surface area (TPSA) is 52.6 Å². The molecule has 1 saturated heterocycles. The molecule has 2 N–H and O–H groups in total. The van der Waals surface area contributed by atoms with Gasteiger partial charge in [0.25, 0.3) is 0 Å². The van der Waals surface area contributed by atoms with Crippen molar-refractivity contribution >= 4 is 41.3 Å². The van der Waals surface area contributed by atoms with Gasteiger partial charge in [-0.3, -0.25) is 9.89 Å². The predicted molar refractivity (Wildman–Crippen MR) is 134 cm³/mol. The zero-order chi connectivity index (χ0) is 19.8. The van der Waals surface area contributed by atoms with Crippen molar-refractivity contribution in [2.45, 2.75) is 52.1 Å². The summed E-state index contributed by atoms with van der Waals surface area (Å²) < 4.78 is 0. The summed E-state index contributed by atoms with van der Waals surface area (Å²) in [6.45, 7) is 9.53. The molecule has 2 aromatic rings. The molecule has 0 spiro atoms. The van der Waals surface area contributed by atoms with Gasteiger partial charge >= 0.3 is 0 Å². The van der Waals surface area contributed by atoms with Crippen LogP contribution in [0.15, 0.2) is 34.6 Å². The molecule has 0 atom stereocenters. The number of nitrogens with zero attached hydrogens (tertiary/aromatic N) is 3. The molecule has 29 heavy (non-hydrogen) atoms. The number of guanidine groups is 1. The second-order valence-electron chi connectivity index (χ2n) is 7.73. The van der Waals surface area contributed by atoms with E-state index in [0.29, 0.717) is 5.92 Å². The molecule has 1 aromatic carbocycles. The van der Waals surface area contributed by atoms with Gasteiger partial charge in [0.1, 0.15) is 0 Å². The summed E-state index contributed by atoms with van der Waals surface area (Å²) in [5, 5.41) is 10.2. The molecule has 1 aliphatic heterocycles. The molecule has 1 aromatic heterocycles. The molecule has 0 unspecified atom stereocenters. The number of aromatic nitrogens is 1. The van der Waals surface area contributed by atoms with Crippen LogP contribution in [0.4, 0.5) is 0 Å². The first-order valence-electron chi connectivity index (χ1n) is 10.3. The van der Waals surface area contributed by atoms with Crippen molar-refractivity contribution in [3.05, 3.63) is 51.5 Å². The van der Waals surface area contributed by atoms with E-state index < -0.39 is 0 Å². The maximum absolute atomic E-state index is 4.69. The number of nitrogens with one attached hydrogen (secondary N) is 2. The second kappa shape index (κ2) is 12.5. The van der Waals surface area contributed by atoms with E-state index in [2.05, 4.69) is 69.0 Å². The molecule has 3 rings (SSSR count). The summed E-state index contributed by atoms with van der Waals surface area (Å²) in [5.74, 6) is 1.34. The van der Waals surface area contributed by atoms with E-state index in [-0.39, 0.29) is 24.0 Å². The van der Waals surface area contributed by atoms with E-state index in [9.17, 15) is 0 Å². The Morgan fingerprint density at radius 3 is 2.45 bits per heavy atom. The highest BCUT2D eigenvalue weighted by atomic mass is 127. The van der Waals surface area contributed by atoms with Crippen LogP contribution in [0.2, 0.25) is 0 Å². The Hall–Kier alpha value is -1.19. The minimum absolute atomic E-state index is 0. The van der Waals surface area contributed by atoms with Crippen LogP contribution in [0.1, 0.15) is 54.4 Å². The van der Waals surface area contributed by atoms with Crippen molar-refractivity contribution in [2.75, 3.05) is 26.7 Å². The number of rotatable bonds is 8. The van der Waals surface area contributed by atoms with Crippen molar-refractivity contribution in [1.82, 2.24) is 20.5 Å². The molecule has 2 heterocycles. The van der Waals surface area contributed by atoms with Gasteiger partial charge in [0.15, 0.2) is 5.96 Å². The summed E-state index contributed by atoms with van der Waals surface area (Å²) in [6, 6.07) is 8.93. The highest BCUT2D eigenvalue weighted by molar-refractivity contribution is 14.0. The summed E-state index contributed by atoms with van der Waals surface area (Å²) in [4.78, 5) is 11.5. The van der Waals surface area contributed by atoms with E-state index in [0.717, 1.165) is 37.7 Å². The smallest absolute Gasteiger partial charge is 0.191 e. The number of benzene rings is 1. The van der Waals surface area contributed by atoms with Crippen LogP contribution in [0.5, 0.6) is 0 Å². The fraction of sp³-hybridized carbons (Fsp3) is 0.545. The van der Waals surface area contributed by atoms with Crippen molar-refractivity contribution in [3.8, 4) is 0 Å². The lowest BCUT2D eigenvalue weighted by atomic mass is 10.1. The first-order valence-corrected chi connectivity index (χ1v) is 11.2. The molecular weight excluding hydrogens is 493 g/mol. The molecule has 0 aliphatic carbocycles. The van der Waals surface area contributed by atoms with Gasteiger partial charge in [-0.1, -0.05) is 38.1 Å². The van der Waals surface area contributed by atoms with Gasteiger partial charge in [0, 0.05) is 44.4 Å². The third kappa shape index (κ3) is 7.86. The molecular formula is C22H34IN5S. The Morgan fingerprint density at radius 1 is 1.14 bits per heavy atom. The van der Waals surface area contributed by atoms with Crippen LogP contribution >= 0.6 is 35.3 Å². The molecule has 0 bridgehead atoms. The fourth-order valence-corrected chi connectivity index (χ4v) is 4.25. The lowest BCUT2D eigenvalue weighted by Crippen LogP contribution is -2.37. The van der Waals surface area contributed by atoms with Crippen molar-refractivity contribution < 1.29 is 0 Å². The quantitative estimate of drug-likeness (QED) is 0.304. The van der Waals surface area contributed by atoms with Crippen molar-refractivity contribution in [3.63, 3.8) is 0 Å². The zero-order valence-electron chi connectivity index (χ0n) is 17.8. The standard InChI is InChI=1S/C22H33N5S.HI/c1-17(2)21-26-20(16-28-21)10-11-24-22(23-3)25-14-18-6-8-19(9-7-18)15-27-12-4-5-13-27;/h6-9,16-17H,4-5,10-15H2,1-3H3,(H2,23,24,25);1H. The number of hydrogen-bond donors (Lipinski definition) is 2. The van der Waals surface area contributed by atoms with E-state index in [1.165, 1.54) is 42.1 Å². The maximum atomic E-state index is 4.69. The molecule has 0 amide bonds. The summed E-state index contributed by atoms with van der Waals surface area (Å²) in [7, 11) is 1.81. The molecule has 5 nitrogen and oxygen atoms in total. The normalized spacial score (nSPS) is 14.8. The largest absolute Gasteiger partial charge is 0.356 e. The fourth-order valence-electron chi connectivity index (χ4n) is 3.38. The number of halogens is 1. The van der Waals surface area contributed by atoms with Crippen LogP contribution in [0.3, 0.4) is 0 Å². The molecule has 160 valence electrons. The van der Waals surface area contributed by atoms with E-state index in [4.69, 9.17) is 0 Å². The average molecular weight is 528 g/mol. The number of aliphatic imine (C=N–C) groups is 1. The first-order chi connectivity index (χ1) is 13.6. The highest BCUT2D eigenvalue weighted by Gasteiger charge is 2.11. The molecule has 7 heteroatoms. The van der Waals surface area contributed by atoms with Crippen LogP contribution in [-0.4, -0.2) is 42.5 Å². The lowest BCUT2D eigenvalue weighted by Gasteiger charge is -2.15. The second-order valence-corrected chi connectivity index (χ2v) is 8.62. The zero-order valence-corrected chi connectivity index (χ0v) is 20.9. The lowest BCUT2D eigenvalue weighted by molar-refractivity contribution is 0.331. The average Bonchev–Trinajstić information content (AvgIpc) is 3.38. The number of thiazole rings is 1. The Bertz CT molecular complexity index is 751. The number of likely N-dealkylation sites (tertiary alicyclic amines) is 1. The minimum atomic E-state index is 0. The van der Waals surface area contributed by atoms with Gasteiger partial charge in [-0.15, -0.1) is 35.3 Å². The van der Waals surface area contributed by atoms with E-state index in [1.807, 2.05) is 7.05 Å². The van der Waals surface area contributed by atoms with Crippen LogP contribution in [-0.2, 0) is 19.5 Å². The summed E-state index contributed by atoms with van der Waals surface area (Å²) in [6.07, 6.45) is 3.60. The van der Waals surface area contributed by atoms with Gasteiger partial charge in [-0.05, 0) is 37.1 Å². The van der Waals surface area contributed by atoms with Gasteiger partial charge in [-0.2, -0.15) is 0 Å². The summed E-state index contributed by atoms with van der Waals surface area (Å²) in [5.41, 5.74) is 3.83. The van der Waals surface area contributed by atoms with E-state index >= 15 is 0 Å². The maximum Gasteiger partial charge on any atom is 0.191 e. The van der Waals surface area contributed by atoms with Gasteiger partial charge in [0.2, 0.25) is 0 Å². The molecule has 0 radical (unpaired) electrons. The molecule has 0 saturated carbocycles. The Morgan fingerprint density at radius 2 is 1.83 bits per heavy atom. The van der Waals surface area contributed by atoms with Crippen LogP contribution < -0.4 is 10.6 Å². The SMILES string of the molecule is CN=C(NCCc1csc(C(C)C)n1)NCc1ccc(CN2CCCC2)cc1.I.